The average Bonchev–Trinajstić information content (AvgIpc) is 2.19. The van der Waals surface area contributed by atoms with E-state index in [9.17, 15) is 4.79 Å². The maximum Gasteiger partial charge on any atom is 0.338 e. The van der Waals surface area contributed by atoms with Crippen LogP contribution in [0, 0.1) is 12.8 Å². The Morgan fingerprint density at radius 3 is 2.81 bits per heavy atom. The van der Waals surface area contributed by atoms with Crippen LogP contribution in [0.25, 0.3) is 0 Å². The molecule has 0 spiro atoms. The van der Waals surface area contributed by atoms with E-state index in [4.69, 9.17) is 10.5 Å². The molecule has 0 saturated heterocycles. The quantitative estimate of drug-likeness (QED) is 0.627. The molecule has 3 heteroatoms. The van der Waals surface area contributed by atoms with E-state index in [1.807, 2.05) is 6.92 Å². The maximum absolute atomic E-state index is 11.7. The molecule has 0 heterocycles. The molecule has 0 radical (unpaired) electrons. The molecule has 1 aliphatic carbocycles. The van der Waals surface area contributed by atoms with E-state index in [0.29, 0.717) is 23.8 Å². The van der Waals surface area contributed by atoms with Crippen molar-refractivity contribution in [1.82, 2.24) is 0 Å². The van der Waals surface area contributed by atoms with Gasteiger partial charge in [0.2, 0.25) is 0 Å². The van der Waals surface area contributed by atoms with E-state index >= 15 is 0 Å². The minimum Gasteiger partial charge on any atom is -0.462 e. The number of nitrogens with two attached hydrogens (primary N) is 1. The highest BCUT2D eigenvalue weighted by Crippen LogP contribution is 2.26. The largest absolute Gasteiger partial charge is 0.462 e. The number of carbonyl (C=O) groups is 1. The number of carbonyl (C=O) groups excluding carboxylic acids is 1. The summed E-state index contributed by atoms with van der Waals surface area (Å²) in [5.74, 6) is 0.342. The second kappa shape index (κ2) is 4.56. The lowest BCUT2D eigenvalue weighted by Crippen LogP contribution is -2.20. The van der Waals surface area contributed by atoms with Crippen molar-refractivity contribution in [3.63, 3.8) is 0 Å². The summed E-state index contributed by atoms with van der Waals surface area (Å²) in [6, 6.07) is 5.24. The molecule has 3 nitrogen and oxygen atoms in total. The standard InChI is InChI=1S/C13H17NO2/c1-9-7-11(5-6-12(9)14)13(15)16-8-10-3-2-4-10/h5-7,10H,2-4,8,14H2,1H3. The lowest BCUT2D eigenvalue weighted by atomic mass is 9.86. The van der Waals surface area contributed by atoms with Crippen LogP contribution in [0.2, 0.25) is 0 Å². The fraction of sp³-hybridized carbons (Fsp3) is 0.462. The molecule has 2 N–H and O–H groups in total. The van der Waals surface area contributed by atoms with Gasteiger partial charge in [-0.2, -0.15) is 0 Å². The third-order valence-electron chi connectivity index (χ3n) is 3.18. The summed E-state index contributed by atoms with van der Waals surface area (Å²) in [4.78, 5) is 11.7. The third kappa shape index (κ3) is 2.35. The van der Waals surface area contributed by atoms with Crippen molar-refractivity contribution < 1.29 is 9.53 Å². The van der Waals surface area contributed by atoms with Gasteiger partial charge in [0.1, 0.15) is 0 Å². The van der Waals surface area contributed by atoms with Gasteiger partial charge in [0.15, 0.2) is 0 Å². The Bertz CT molecular complexity index is 397. The lowest BCUT2D eigenvalue weighted by Gasteiger charge is -2.24. The molecule has 16 heavy (non-hydrogen) atoms. The first-order valence-corrected chi connectivity index (χ1v) is 5.70. The van der Waals surface area contributed by atoms with Gasteiger partial charge in [-0.3, -0.25) is 0 Å². The monoisotopic (exact) mass is 219 g/mol. The minimum atomic E-state index is -0.241. The second-order valence-corrected chi connectivity index (χ2v) is 4.47. The van der Waals surface area contributed by atoms with Crippen molar-refractivity contribution >= 4 is 11.7 Å². The summed E-state index contributed by atoms with van der Waals surface area (Å²) in [6.07, 6.45) is 3.64. The molecule has 0 aromatic heterocycles. The summed E-state index contributed by atoms with van der Waals surface area (Å²) < 4.78 is 5.25. The van der Waals surface area contributed by atoms with Gasteiger partial charge in [0, 0.05) is 5.69 Å². The molecule has 0 bridgehead atoms. The van der Waals surface area contributed by atoms with E-state index in [0.717, 1.165) is 5.56 Å². The molecule has 1 saturated carbocycles. The van der Waals surface area contributed by atoms with Crippen molar-refractivity contribution in [3.05, 3.63) is 29.3 Å². The molecule has 0 atom stereocenters. The average molecular weight is 219 g/mol. The predicted octanol–water partition coefficient (Wildman–Crippen LogP) is 2.53. The molecule has 0 aliphatic heterocycles. The Morgan fingerprint density at radius 2 is 2.25 bits per heavy atom. The smallest absolute Gasteiger partial charge is 0.338 e. The molecule has 1 aliphatic rings. The topological polar surface area (TPSA) is 52.3 Å². The zero-order chi connectivity index (χ0) is 11.5. The first-order valence-electron chi connectivity index (χ1n) is 5.70. The number of anilines is 1. The Hall–Kier alpha value is -1.51. The normalized spacial score (nSPS) is 15.6. The van der Waals surface area contributed by atoms with Gasteiger partial charge in [0.05, 0.1) is 12.2 Å². The second-order valence-electron chi connectivity index (χ2n) is 4.47. The summed E-state index contributed by atoms with van der Waals surface area (Å²) in [5, 5.41) is 0. The van der Waals surface area contributed by atoms with Crippen molar-refractivity contribution in [2.45, 2.75) is 26.2 Å². The SMILES string of the molecule is Cc1cc(C(=O)OCC2CCC2)ccc1N. The third-order valence-corrected chi connectivity index (χ3v) is 3.18. The molecule has 0 amide bonds. The first-order chi connectivity index (χ1) is 7.66. The van der Waals surface area contributed by atoms with E-state index < -0.39 is 0 Å². The van der Waals surface area contributed by atoms with E-state index in [2.05, 4.69) is 0 Å². The van der Waals surface area contributed by atoms with Crippen molar-refractivity contribution in [2.75, 3.05) is 12.3 Å². The molecule has 2 rings (SSSR count). The van der Waals surface area contributed by atoms with Crippen molar-refractivity contribution in [3.8, 4) is 0 Å². The summed E-state index contributed by atoms with van der Waals surface area (Å²) in [5.41, 5.74) is 7.90. The van der Waals surface area contributed by atoms with Crippen LogP contribution in [0.1, 0.15) is 35.2 Å². The Labute approximate surface area is 95.6 Å². The van der Waals surface area contributed by atoms with E-state index in [1.165, 1.54) is 19.3 Å². The van der Waals surface area contributed by atoms with Crippen LogP contribution in [0.4, 0.5) is 5.69 Å². The summed E-state index contributed by atoms with van der Waals surface area (Å²) >= 11 is 0. The van der Waals surface area contributed by atoms with Gasteiger partial charge in [-0.1, -0.05) is 6.42 Å². The van der Waals surface area contributed by atoms with Crippen LogP contribution in [0.5, 0.6) is 0 Å². The number of esters is 1. The van der Waals surface area contributed by atoms with E-state index in [1.54, 1.807) is 18.2 Å². The molecular weight excluding hydrogens is 202 g/mol. The maximum atomic E-state index is 11.7. The lowest BCUT2D eigenvalue weighted by molar-refractivity contribution is 0.0371. The fourth-order valence-corrected chi connectivity index (χ4v) is 1.74. The molecule has 0 unspecified atom stereocenters. The summed E-state index contributed by atoms with van der Waals surface area (Å²) in [7, 11) is 0. The number of hydrogen-bond donors (Lipinski definition) is 1. The first kappa shape index (κ1) is 11.0. The molecule has 1 aromatic rings. The Morgan fingerprint density at radius 1 is 1.50 bits per heavy atom. The van der Waals surface area contributed by atoms with Crippen LogP contribution in [-0.2, 0) is 4.74 Å². The zero-order valence-electron chi connectivity index (χ0n) is 9.53. The van der Waals surface area contributed by atoms with Gasteiger partial charge in [-0.25, -0.2) is 4.79 Å². The predicted molar refractivity (Wildman–Crippen MR) is 63.2 cm³/mol. The van der Waals surface area contributed by atoms with Crippen molar-refractivity contribution in [2.24, 2.45) is 5.92 Å². The molecule has 86 valence electrons. The molecular formula is C13H17NO2. The highest BCUT2D eigenvalue weighted by atomic mass is 16.5. The van der Waals surface area contributed by atoms with Crippen LogP contribution in [0.15, 0.2) is 18.2 Å². The Kier molecular flexibility index (Phi) is 3.13. The summed E-state index contributed by atoms with van der Waals surface area (Å²) in [6.45, 7) is 2.44. The zero-order valence-corrected chi connectivity index (χ0v) is 9.53. The van der Waals surface area contributed by atoms with Gasteiger partial charge in [-0.05, 0) is 49.4 Å². The van der Waals surface area contributed by atoms with Gasteiger partial charge in [-0.15, -0.1) is 0 Å². The molecule has 1 fully saturated rings. The van der Waals surface area contributed by atoms with Gasteiger partial charge >= 0.3 is 5.97 Å². The highest BCUT2D eigenvalue weighted by Gasteiger charge is 2.19. The number of hydrogen-bond acceptors (Lipinski definition) is 3. The van der Waals surface area contributed by atoms with Crippen LogP contribution in [-0.4, -0.2) is 12.6 Å². The van der Waals surface area contributed by atoms with Crippen LogP contribution >= 0.6 is 0 Å². The fourth-order valence-electron chi connectivity index (χ4n) is 1.74. The highest BCUT2D eigenvalue weighted by molar-refractivity contribution is 5.90. The number of rotatable bonds is 3. The number of nitrogen functional groups attached to an aromatic ring is 1. The van der Waals surface area contributed by atoms with Crippen molar-refractivity contribution in [1.29, 1.82) is 0 Å². The van der Waals surface area contributed by atoms with Gasteiger partial charge in [0.25, 0.3) is 0 Å². The van der Waals surface area contributed by atoms with E-state index in [-0.39, 0.29) is 5.97 Å². The number of ether oxygens (including phenoxy) is 1. The number of aryl methyl sites for hydroxylation is 1. The van der Waals surface area contributed by atoms with Crippen LogP contribution < -0.4 is 5.73 Å². The number of benzene rings is 1. The molecule has 1 aromatic carbocycles. The van der Waals surface area contributed by atoms with Crippen LogP contribution in [0.3, 0.4) is 0 Å². The van der Waals surface area contributed by atoms with Gasteiger partial charge < -0.3 is 10.5 Å². The minimum absolute atomic E-state index is 0.241. The Balaban J connectivity index is 1.94.